The molecule has 1 heterocycles. The van der Waals surface area contributed by atoms with Crippen molar-refractivity contribution in [3.05, 3.63) is 77.7 Å². The van der Waals surface area contributed by atoms with E-state index >= 15 is 0 Å². The van der Waals surface area contributed by atoms with Crippen LogP contribution in [0.4, 0.5) is 10.2 Å². The van der Waals surface area contributed by atoms with Crippen LogP contribution in [-0.2, 0) is 6.54 Å². The first-order valence-electron chi connectivity index (χ1n) is 8.75. The molecule has 0 bridgehead atoms. The fourth-order valence-electron chi connectivity index (χ4n) is 2.50. The highest BCUT2D eigenvalue weighted by Gasteiger charge is 2.11. The second kappa shape index (κ2) is 9.23. The highest BCUT2D eigenvalue weighted by atomic mass is 32.2. The standard InChI is InChI=1S/C21H20FN3O2S/c1-2-28-17-9-7-16(8-10-17)27-15-5-3-14(4-6-15)13-24-21(26)18-11-12-19(22)25-20(18)23/h3-12H,2,13H2,1H3,(H2,23,25)(H,24,26). The highest BCUT2D eigenvalue weighted by molar-refractivity contribution is 7.99. The van der Waals surface area contributed by atoms with Crippen molar-refractivity contribution in [1.82, 2.24) is 10.3 Å². The first-order valence-corrected chi connectivity index (χ1v) is 9.73. The maximum Gasteiger partial charge on any atom is 0.255 e. The molecule has 28 heavy (non-hydrogen) atoms. The van der Waals surface area contributed by atoms with Crippen molar-refractivity contribution >= 4 is 23.5 Å². The molecule has 1 amide bonds. The van der Waals surface area contributed by atoms with Gasteiger partial charge >= 0.3 is 0 Å². The Balaban J connectivity index is 1.56. The number of nitrogens with zero attached hydrogens (tertiary/aromatic N) is 1. The van der Waals surface area contributed by atoms with Crippen LogP contribution in [0.1, 0.15) is 22.8 Å². The number of hydrogen-bond donors (Lipinski definition) is 2. The average Bonchev–Trinajstić information content (AvgIpc) is 2.69. The summed E-state index contributed by atoms with van der Waals surface area (Å²) < 4.78 is 18.8. The molecule has 1 aromatic heterocycles. The lowest BCUT2D eigenvalue weighted by Gasteiger charge is -2.09. The quantitative estimate of drug-likeness (QED) is 0.449. The van der Waals surface area contributed by atoms with Gasteiger partial charge in [-0.25, -0.2) is 4.98 Å². The molecule has 3 N–H and O–H groups in total. The summed E-state index contributed by atoms with van der Waals surface area (Å²) in [6, 6.07) is 17.8. The molecule has 3 aromatic rings. The van der Waals surface area contributed by atoms with Crippen LogP contribution in [0.15, 0.2) is 65.6 Å². The van der Waals surface area contributed by atoms with E-state index in [1.807, 2.05) is 48.5 Å². The van der Waals surface area contributed by atoms with Crippen LogP contribution in [0.2, 0.25) is 0 Å². The first kappa shape index (κ1) is 19.7. The third-order valence-electron chi connectivity index (χ3n) is 3.88. The lowest BCUT2D eigenvalue weighted by molar-refractivity contribution is 0.0951. The van der Waals surface area contributed by atoms with Crippen molar-refractivity contribution in [1.29, 1.82) is 0 Å². The van der Waals surface area contributed by atoms with Gasteiger partial charge in [0.2, 0.25) is 5.95 Å². The third-order valence-corrected chi connectivity index (χ3v) is 4.78. The van der Waals surface area contributed by atoms with Crippen molar-refractivity contribution < 1.29 is 13.9 Å². The van der Waals surface area contributed by atoms with Crippen LogP contribution >= 0.6 is 11.8 Å². The van der Waals surface area contributed by atoms with E-state index in [2.05, 4.69) is 17.2 Å². The Bertz CT molecular complexity index is 947. The number of halogens is 1. The van der Waals surface area contributed by atoms with E-state index in [9.17, 15) is 9.18 Å². The largest absolute Gasteiger partial charge is 0.457 e. The molecule has 0 aliphatic rings. The van der Waals surface area contributed by atoms with Crippen LogP contribution in [0, 0.1) is 5.95 Å². The number of thioether (sulfide) groups is 1. The number of carbonyl (C=O) groups is 1. The SMILES string of the molecule is CCSc1ccc(Oc2ccc(CNC(=O)c3ccc(F)nc3N)cc2)cc1. The van der Waals surface area contributed by atoms with Crippen molar-refractivity contribution in [2.24, 2.45) is 0 Å². The summed E-state index contributed by atoms with van der Waals surface area (Å²) >= 11 is 1.78. The molecule has 0 saturated carbocycles. The molecule has 0 aliphatic heterocycles. The Morgan fingerprint density at radius 1 is 1.07 bits per heavy atom. The molecule has 0 spiro atoms. The van der Waals surface area contributed by atoms with E-state index in [1.54, 1.807) is 11.8 Å². The first-order chi connectivity index (χ1) is 13.5. The summed E-state index contributed by atoms with van der Waals surface area (Å²) in [5.74, 6) is 1.24. The zero-order valence-corrected chi connectivity index (χ0v) is 16.1. The van der Waals surface area contributed by atoms with Gasteiger partial charge in [-0.1, -0.05) is 19.1 Å². The lowest BCUT2D eigenvalue weighted by Crippen LogP contribution is -2.24. The number of nitrogens with one attached hydrogen (secondary N) is 1. The minimum atomic E-state index is -0.719. The van der Waals surface area contributed by atoms with Gasteiger partial charge in [0.15, 0.2) is 0 Å². The minimum absolute atomic E-state index is 0.135. The van der Waals surface area contributed by atoms with Crippen LogP contribution in [-0.4, -0.2) is 16.6 Å². The monoisotopic (exact) mass is 397 g/mol. The molecule has 0 saturated heterocycles. The Morgan fingerprint density at radius 2 is 1.71 bits per heavy atom. The molecule has 0 aliphatic carbocycles. The van der Waals surface area contributed by atoms with E-state index in [1.165, 1.54) is 11.0 Å². The smallest absolute Gasteiger partial charge is 0.255 e. The van der Waals surface area contributed by atoms with Crippen molar-refractivity contribution in [3.63, 3.8) is 0 Å². The number of pyridine rings is 1. The molecule has 0 radical (unpaired) electrons. The maximum atomic E-state index is 13.0. The van der Waals surface area contributed by atoms with E-state index in [4.69, 9.17) is 10.5 Å². The molecule has 0 atom stereocenters. The molecule has 5 nitrogen and oxygen atoms in total. The van der Waals surface area contributed by atoms with Gasteiger partial charge in [0.1, 0.15) is 17.3 Å². The number of anilines is 1. The summed E-state index contributed by atoms with van der Waals surface area (Å²) in [5.41, 5.74) is 6.62. The Labute approximate surface area is 167 Å². The van der Waals surface area contributed by atoms with Gasteiger partial charge in [-0.3, -0.25) is 4.79 Å². The van der Waals surface area contributed by atoms with Crippen LogP contribution in [0.25, 0.3) is 0 Å². The predicted octanol–water partition coefficient (Wildman–Crippen LogP) is 4.64. The fraction of sp³-hybridized carbons (Fsp3) is 0.143. The van der Waals surface area contributed by atoms with Gasteiger partial charge in [-0.2, -0.15) is 4.39 Å². The number of ether oxygens (including phenoxy) is 1. The summed E-state index contributed by atoms with van der Waals surface area (Å²) in [5, 5.41) is 2.74. The Kier molecular flexibility index (Phi) is 6.49. The normalized spacial score (nSPS) is 10.5. The van der Waals surface area contributed by atoms with Crippen LogP contribution < -0.4 is 15.8 Å². The summed E-state index contributed by atoms with van der Waals surface area (Å²) in [4.78, 5) is 16.8. The van der Waals surface area contributed by atoms with E-state index < -0.39 is 11.9 Å². The number of nitrogen functional groups attached to an aromatic ring is 1. The molecular weight excluding hydrogens is 377 g/mol. The number of amides is 1. The zero-order chi connectivity index (χ0) is 19.9. The van der Waals surface area contributed by atoms with Gasteiger partial charge < -0.3 is 15.8 Å². The molecular formula is C21H20FN3O2S. The number of aromatic nitrogens is 1. The predicted molar refractivity (Wildman–Crippen MR) is 109 cm³/mol. The van der Waals surface area contributed by atoms with E-state index in [-0.39, 0.29) is 11.4 Å². The van der Waals surface area contributed by atoms with Crippen molar-refractivity contribution in [2.45, 2.75) is 18.4 Å². The highest BCUT2D eigenvalue weighted by Crippen LogP contribution is 2.25. The number of benzene rings is 2. The summed E-state index contributed by atoms with van der Waals surface area (Å²) in [6.07, 6.45) is 0. The fourth-order valence-corrected chi connectivity index (χ4v) is 3.16. The van der Waals surface area contributed by atoms with Crippen molar-refractivity contribution in [2.75, 3.05) is 11.5 Å². The van der Waals surface area contributed by atoms with Crippen molar-refractivity contribution in [3.8, 4) is 11.5 Å². The zero-order valence-electron chi connectivity index (χ0n) is 15.3. The second-order valence-corrected chi connectivity index (χ2v) is 7.24. The third kappa shape index (κ3) is 5.23. The Hall–Kier alpha value is -3.06. The average molecular weight is 397 g/mol. The van der Waals surface area contributed by atoms with Gasteiger partial charge in [0.25, 0.3) is 5.91 Å². The number of nitrogens with two attached hydrogens (primary N) is 1. The van der Waals surface area contributed by atoms with Gasteiger partial charge in [0.05, 0.1) is 5.56 Å². The van der Waals surface area contributed by atoms with Gasteiger partial charge in [-0.15, -0.1) is 11.8 Å². The summed E-state index contributed by atoms with van der Waals surface area (Å²) in [7, 11) is 0. The number of carbonyl (C=O) groups excluding carboxylic acids is 1. The molecule has 144 valence electrons. The number of hydrogen-bond acceptors (Lipinski definition) is 5. The van der Waals surface area contributed by atoms with E-state index in [0.717, 1.165) is 23.1 Å². The van der Waals surface area contributed by atoms with Gasteiger partial charge in [0, 0.05) is 11.4 Å². The topological polar surface area (TPSA) is 77.2 Å². The van der Waals surface area contributed by atoms with Crippen LogP contribution in [0.5, 0.6) is 11.5 Å². The molecule has 0 unspecified atom stereocenters. The molecule has 7 heteroatoms. The van der Waals surface area contributed by atoms with Gasteiger partial charge in [-0.05, 0) is 59.8 Å². The molecule has 3 rings (SSSR count). The summed E-state index contributed by atoms with van der Waals surface area (Å²) in [6.45, 7) is 2.42. The second-order valence-electron chi connectivity index (χ2n) is 5.90. The minimum Gasteiger partial charge on any atom is -0.457 e. The lowest BCUT2D eigenvalue weighted by atomic mass is 10.2. The molecule has 0 fully saturated rings. The van der Waals surface area contributed by atoms with E-state index in [0.29, 0.717) is 12.3 Å². The van der Waals surface area contributed by atoms with Crippen LogP contribution in [0.3, 0.4) is 0 Å². The number of rotatable bonds is 7. The maximum absolute atomic E-state index is 13.0. The Morgan fingerprint density at radius 3 is 2.32 bits per heavy atom. The molecule has 2 aromatic carbocycles.